The first-order valence-electron chi connectivity index (χ1n) is 5.32. The molecule has 1 aromatic rings. The SMILES string of the molecule is CC1(CNC(=O)c2c(Cl)cccc2Cl)COC1. The highest BCUT2D eigenvalue weighted by molar-refractivity contribution is 6.39. The number of amides is 1. The summed E-state index contributed by atoms with van der Waals surface area (Å²) < 4.78 is 5.12. The highest BCUT2D eigenvalue weighted by Crippen LogP contribution is 2.27. The van der Waals surface area contributed by atoms with E-state index in [0.29, 0.717) is 35.4 Å². The molecule has 0 aliphatic carbocycles. The Hall–Kier alpha value is -0.770. The zero-order chi connectivity index (χ0) is 12.5. The predicted octanol–water partition coefficient (Wildman–Crippen LogP) is 2.76. The van der Waals surface area contributed by atoms with E-state index in [1.54, 1.807) is 18.2 Å². The van der Waals surface area contributed by atoms with Gasteiger partial charge in [0.2, 0.25) is 0 Å². The number of rotatable bonds is 3. The third-order valence-corrected chi connectivity index (χ3v) is 3.40. The molecule has 92 valence electrons. The van der Waals surface area contributed by atoms with Gasteiger partial charge in [0.05, 0.1) is 28.8 Å². The van der Waals surface area contributed by atoms with Gasteiger partial charge in [-0.15, -0.1) is 0 Å². The average molecular weight is 274 g/mol. The normalized spacial score (nSPS) is 17.4. The van der Waals surface area contributed by atoms with E-state index in [4.69, 9.17) is 27.9 Å². The lowest BCUT2D eigenvalue weighted by Gasteiger charge is -2.38. The number of carbonyl (C=O) groups excluding carboxylic acids is 1. The predicted molar refractivity (Wildman–Crippen MR) is 67.7 cm³/mol. The summed E-state index contributed by atoms with van der Waals surface area (Å²) >= 11 is 11.9. The molecule has 1 amide bonds. The minimum atomic E-state index is -0.242. The van der Waals surface area contributed by atoms with Crippen molar-refractivity contribution in [3.05, 3.63) is 33.8 Å². The van der Waals surface area contributed by atoms with Crippen molar-refractivity contribution in [1.29, 1.82) is 0 Å². The molecule has 5 heteroatoms. The molecule has 0 spiro atoms. The lowest BCUT2D eigenvalue weighted by Crippen LogP contribution is -2.48. The van der Waals surface area contributed by atoms with Gasteiger partial charge in [-0.2, -0.15) is 0 Å². The fourth-order valence-electron chi connectivity index (χ4n) is 1.65. The smallest absolute Gasteiger partial charge is 0.254 e. The Balaban J connectivity index is 2.04. The van der Waals surface area contributed by atoms with Crippen molar-refractivity contribution < 1.29 is 9.53 Å². The van der Waals surface area contributed by atoms with Gasteiger partial charge in [0, 0.05) is 12.0 Å². The summed E-state index contributed by atoms with van der Waals surface area (Å²) in [6.07, 6.45) is 0. The maximum absolute atomic E-state index is 12.0. The summed E-state index contributed by atoms with van der Waals surface area (Å²) in [4.78, 5) is 12.0. The van der Waals surface area contributed by atoms with Crippen molar-refractivity contribution in [2.45, 2.75) is 6.92 Å². The van der Waals surface area contributed by atoms with Crippen LogP contribution >= 0.6 is 23.2 Å². The largest absolute Gasteiger partial charge is 0.380 e. The lowest BCUT2D eigenvalue weighted by atomic mass is 9.88. The van der Waals surface area contributed by atoms with Crippen LogP contribution in [0.25, 0.3) is 0 Å². The van der Waals surface area contributed by atoms with Crippen LogP contribution < -0.4 is 5.32 Å². The van der Waals surface area contributed by atoms with Gasteiger partial charge < -0.3 is 10.1 Å². The van der Waals surface area contributed by atoms with Gasteiger partial charge in [-0.3, -0.25) is 4.79 Å². The van der Waals surface area contributed by atoms with Crippen molar-refractivity contribution in [3.63, 3.8) is 0 Å². The molecule has 1 saturated heterocycles. The average Bonchev–Trinajstić information content (AvgIpc) is 2.23. The molecule has 1 aromatic carbocycles. The Morgan fingerprint density at radius 3 is 2.47 bits per heavy atom. The molecule has 17 heavy (non-hydrogen) atoms. The molecular formula is C12H13Cl2NO2. The molecule has 0 aromatic heterocycles. The van der Waals surface area contributed by atoms with Gasteiger partial charge in [0.15, 0.2) is 0 Å². The number of carbonyl (C=O) groups is 1. The van der Waals surface area contributed by atoms with Gasteiger partial charge in [-0.25, -0.2) is 0 Å². The van der Waals surface area contributed by atoms with Gasteiger partial charge in [-0.05, 0) is 12.1 Å². The van der Waals surface area contributed by atoms with Crippen LogP contribution in [0.5, 0.6) is 0 Å². The van der Waals surface area contributed by atoms with E-state index < -0.39 is 0 Å². The number of hydrogen-bond acceptors (Lipinski definition) is 2. The molecule has 2 rings (SSSR count). The Morgan fingerprint density at radius 2 is 2.00 bits per heavy atom. The molecule has 1 aliphatic rings. The summed E-state index contributed by atoms with van der Waals surface area (Å²) in [6, 6.07) is 5.01. The molecule has 1 fully saturated rings. The highest BCUT2D eigenvalue weighted by Gasteiger charge is 2.33. The molecule has 0 atom stereocenters. The first-order chi connectivity index (χ1) is 8.02. The number of benzene rings is 1. The zero-order valence-electron chi connectivity index (χ0n) is 9.43. The summed E-state index contributed by atoms with van der Waals surface area (Å²) in [5, 5.41) is 3.57. The number of hydrogen-bond donors (Lipinski definition) is 1. The number of nitrogens with one attached hydrogen (secondary N) is 1. The zero-order valence-corrected chi connectivity index (χ0v) is 10.9. The lowest BCUT2D eigenvalue weighted by molar-refractivity contribution is -0.0978. The summed E-state index contributed by atoms with van der Waals surface area (Å²) in [5.74, 6) is -0.242. The molecular weight excluding hydrogens is 261 g/mol. The second kappa shape index (κ2) is 4.84. The maximum atomic E-state index is 12.0. The van der Waals surface area contributed by atoms with Crippen molar-refractivity contribution in [3.8, 4) is 0 Å². The minimum Gasteiger partial charge on any atom is -0.380 e. The molecule has 1 aliphatic heterocycles. The van der Waals surface area contributed by atoms with E-state index in [9.17, 15) is 4.79 Å². The summed E-state index contributed by atoms with van der Waals surface area (Å²) in [6.45, 7) is 3.96. The van der Waals surface area contributed by atoms with Crippen LogP contribution in [-0.4, -0.2) is 25.7 Å². The molecule has 1 N–H and O–H groups in total. The monoisotopic (exact) mass is 273 g/mol. The molecule has 1 heterocycles. The fraction of sp³-hybridized carbons (Fsp3) is 0.417. The standard InChI is InChI=1S/C12H13Cl2NO2/c1-12(6-17-7-12)5-15-11(16)10-8(13)3-2-4-9(10)14/h2-4H,5-7H2,1H3,(H,15,16). The first-order valence-corrected chi connectivity index (χ1v) is 6.07. The topological polar surface area (TPSA) is 38.3 Å². The third kappa shape index (κ3) is 2.73. The molecule has 0 unspecified atom stereocenters. The number of halogens is 2. The molecule has 3 nitrogen and oxygen atoms in total. The molecule has 0 saturated carbocycles. The molecule has 0 radical (unpaired) electrons. The highest BCUT2D eigenvalue weighted by atomic mass is 35.5. The van der Waals surface area contributed by atoms with Crippen LogP contribution in [0.1, 0.15) is 17.3 Å². The fourth-order valence-corrected chi connectivity index (χ4v) is 2.22. The van der Waals surface area contributed by atoms with E-state index >= 15 is 0 Å². The van der Waals surface area contributed by atoms with Crippen LogP contribution in [0.15, 0.2) is 18.2 Å². The molecule has 0 bridgehead atoms. The second-order valence-corrected chi connectivity index (χ2v) is 5.40. The minimum absolute atomic E-state index is 0.0311. The first kappa shape index (κ1) is 12.7. The van der Waals surface area contributed by atoms with Gasteiger partial charge in [-0.1, -0.05) is 36.2 Å². The van der Waals surface area contributed by atoms with Crippen molar-refractivity contribution in [2.75, 3.05) is 19.8 Å². The number of ether oxygens (including phenoxy) is 1. The van der Waals surface area contributed by atoms with E-state index in [1.807, 2.05) is 0 Å². The van der Waals surface area contributed by atoms with Gasteiger partial charge in [0.1, 0.15) is 0 Å². The van der Waals surface area contributed by atoms with Crippen LogP contribution in [0, 0.1) is 5.41 Å². The van der Waals surface area contributed by atoms with Crippen LogP contribution in [0.3, 0.4) is 0 Å². The van der Waals surface area contributed by atoms with Crippen LogP contribution in [0.4, 0.5) is 0 Å². The summed E-state index contributed by atoms with van der Waals surface area (Å²) in [5.41, 5.74) is 0.364. The van der Waals surface area contributed by atoms with Crippen molar-refractivity contribution in [2.24, 2.45) is 5.41 Å². The van der Waals surface area contributed by atoms with E-state index in [2.05, 4.69) is 12.2 Å². The van der Waals surface area contributed by atoms with Gasteiger partial charge in [0.25, 0.3) is 5.91 Å². The van der Waals surface area contributed by atoms with E-state index in [1.165, 1.54) is 0 Å². The van der Waals surface area contributed by atoms with E-state index in [-0.39, 0.29) is 11.3 Å². The summed E-state index contributed by atoms with van der Waals surface area (Å²) in [7, 11) is 0. The Labute approximate surface area is 110 Å². The van der Waals surface area contributed by atoms with Crippen molar-refractivity contribution in [1.82, 2.24) is 5.32 Å². The van der Waals surface area contributed by atoms with Crippen molar-refractivity contribution >= 4 is 29.1 Å². The van der Waals surface area contributed by atoms with Crippen LogP contribution in [-0.2, 0) is 4.74 Å². The van der Waals surface area contributed by atoms with Crippen LogP contribution in [0.2, 0.25) is 10.0 Å². The van der Waals surface area contributed by atoms with Gasteiger partial charge >= 0.3 is 0 Å². The quantitative estimate of drug-likeness (QED) is 0.920. The second-order valence-electron chi connectivity index (χ2n) is 4.58. The van der Waals surface area contributed by atoms with E-state index in [0.717, 1.165) is 0 Å². The third-order valence-electron chi connectivity index (χ3n) is 2.77. The maximum Gasteiger partial charge on any atom is 0.254 e. The Morgan fingerprint density at radius 1 is 1.41 bits per heavy atom. The Kier molecular flexibility index (Phi) is 3.61. The Bertz CT molecular complexity index is 424.